The van der Waals surface area contributed by atoms with Gasteiger partial charge in [-0.05, 0) is 24.6 Å². The molecular formula is C23H22N6O. The highest BCUT2D eigenvalue weighted by atomic mass is 16.1. The van der Waals surface area contributed by atoms with Crippen LogP contribution in [0.1, 0.15) is 22.4 Å². The average Bonchev–Trinajstić information content (AvgIpc) is 3.23. The zero-order chi connectivity index (χ0) is 20.5. The van der Waals surface area contributed by atoms with E-state index in [0.29, 0.717) is 12.4 Å². The number of aromatic nitrogens is 5. The van der Waals surface area contributed by atoms with Crippen molar-refractivity contribution in [2.24, 2.45) is 0 Å². The number of rotatable bonds is 4. The van der Waals surface area contributed by atoms with E-state index in [4.69, 9.17) is 4.98 Å². The zero-order valence-corrected chi connectivity index (χ0v) is 16.7. The Kier molecular flexibility index (Phi) is 4.72. The molecule has 0 bridgehead atoms. The smallest absolute Gasteiger partial charge is 0.255 e. The van der Waals surface area contributed by atoms with Crippen LogP contribution in [0.2, 0.25) is 0 Å². The van der Waals surface area contributed by atoms with Crippen LogP contribution in [-0.4, -0.2) is 36.6 Å². The standard InChI is InChI=1S/C23H22N6O/c1-15-2-4-16(5-3-15)21-18(12-25-28-21)13-29-11-8-20-19(14-29)23(30)27-22(26-20)17-6-9-24-10-7-17/h2-7,9-10,12H,8,11,13-14H2,1H3,(H,25,28)(H,26,27,30). The summed E-state index contributed by atoms with van der Waals surface area (Å²) in [6.45, 7) is 4.23. The van der Waals surface area contributed by atoms with Gasteiger partial charge in [0, 0.05) is 49.6 Å². The topological polar surface area (TPSA) is 90.6 Å². The number of nitrogens with one attached hydrogen (secondary N) is 2. The van der Waals surface area contributed by atoms with Gasteiger partial charge in [0.25, 0.3) is 5.56 Å². The quantitative estimate of drug-likeness (QED) is 0.551. The van der Waals surface area contributed by atoms with Crippen molar-refractivity contribution < 1.29 is 0 Å². The van der Waals surface area contributed by atoms with Crippen molar-refractivity contribution in [1.29, 1.82) is 0 Å². The first kappa shape index (κ1) is 18.4. The number of aryl methyl sites for hydroxylation is 1. The predicted molar refractivity (Wildman–Crippen MR) is 115 cm³/mol. The lowest BCUT2D eigenvalue weighted by atomic mass is 10.0. The maximum Gasteiger partial charge on any atom is 0.255 e. The number of pyridine rings is 1. The second kappa shape index (κ2) is 7.68. The second-order valence-electron chi connectivity index (χ2n) is 7.67. The van der Waals surface area contributed by atoms with Crippen molar-refractivity contribution >= 4 is 0 Å². The minimum Gasteiger partial charge on any atom is -0.306 e. The third kappa shape index (κ3) is 3.55. The van der Waals surface area contributed by atoms with Crippen molar-refractivity contribution in [3.63, 3.8) is 0 Å². The molecule has 4 heterocycles. The number of nitrogens with zero attached hydrogens (tertiary/aromatic N) is 4. The lowest BCUT2D eigenvalue weighted by Crippen LogP contribution is -2.35. The minimum absolute atomic E-state index is 0.0672. The van der Waals surface area contributed by atoms with Gasteiger partial charge < -0.3 is 4.98 Å². The number of aromatic amines is 2. The molecular weight excluding hydrogens is 376 g/mol. The van der Waals surface area contributed by atoms with E-state index < -0.39 is 0 Å². The number of fused-ring (bicyclic) bond motifs is 1. The van der Waals surface area contributed by atoms with Crippen molar-refractivity contribution in [3.8, 4) is 22.6 Å². The van der Waals surface area contributed by atoms with Gasteiger partial charge in [0.05, 0.1) is 23.1 Å². The summed E-state index contributed by atoms with van der Waals surface area (Å²) >= 11 is 0. The van der Waals surface area contributed by atoms with Gasteiger partial charge in [0.2, 0.25) is 0 Å². The Labute approximate surface area is 173 Å². The molecule has 7 nitrogen and oxygen atoms in total. The highest BCUT2D eigenvalue weighted by Crippen LogP contribution is 2.25. The van der Waals surface area contributed by atoms with Gasteiger partial charge in [-0.3, -0.25) is 19.8 Å². The fourth-order valence-corrected chi connectivity index (χ4v) is 3.90. The average molecular weight is 398 g/mol. The summed E-state index contributed by atoms with van der Waals surface area (Å²) in [6, 6.07) is 12.1. The first-order chi connectivity index (χ1) is 14.7. The molecule has 7 heteroatoms. The third-order valence-electron chi connectivity index (χ3n) is 5.55. The molecule has 1 aliphatic heterocycles. The molecule has 0 atom stereocenters. The van der Waals surface area contributed by atoms with E-state index in [-0.39, 0.29) is 5.56 Å². The van der Waals surface area contributed by atoms with Crippen LogP contribution < -0.4 is 5.56 Å². The zero-order valence-electron chi connectivity index (χ0n) is 16.7. The second-order valence-corrected chi connectivity index (χ2v) is 7.67. The summed E-state index contributed by atoms with van der Waals surface area (Å²) in [6.07, 6.45) is 6.02. The first-order valence-electron chi connectivity index (χ1n) is 10.0. The van der Waals surface area contributed by atoms with Gasteiger partial charge in [-0.2, -0.15) is 5.10 Å². The Balaban J connectivity index is 1.38. The summed E-state index contributed by atoms with van der Waals surface area (Å²) in [7, 11) is 0. The normalized spacial score (nSPS) is 13.9. The molecule has 4 aromatic rings. The number of benzene rings is 1. The third-order valence-corrected chi connectivity index (χ3v) is 5.55. The number of hydrogen-bond acceptors (Lipinski definition) is 5. The van der Waals surface area contributed by atoms with Gasteiger partial charge in [0.1, 0.15) is 5.82 Å². The van der Waals surface area contributed by atoms with E-state index in [0.717, 1.165) is 53.2 Å². The van der Waals surface area contributed by atoms with Crippen molar-refractivity contribution in [3.05, 3.63) is 87.7 Å². The summed E-state index contributed by atoms with van der Waals surface area (Å²) in [5.74, 6) is 0.603. The summed E-state index contributed by atoms with van der Waals surface area (Å²) in [5, 5.41) is 7.38. The Hall–Kier alpha value is -3.58. The SMILES string of the molecule is Cc1ccc(-c2[nH]ncc2CN2CCc3nc(-c4ccncc4)[nH]c(=O)c3C2)cc1. The molecule has 0 fully saturated rings. The molecule has 0 radical (unpaired) electrons. The number of H-pyrrole nitrogens is 2. The van der Waals surface area contributed by atoms with E-state index in [1.807, 2.05) is 18.3 Å². The maximum atomic E-state index is 12.8. The Bertz CT molecular complexity index is 1230. The Morgan fingerprint density at radius 3 is 2.67 bits per heavy atom. The van der Waals surface area contributed by atoms with E-state index >= 15 is 0 Å². The van der Waals surface area contributed by atoms with Crippen LogP contribution in [0.25, 0.3) is 22.6 Å². The van der Waals surface area contributed by atoms with Crippen LogP contribution in [0.3, 0.4) is 0 Å². The van der Waals surface area contributed by atoms with Crippen molar-refractivity contribution in [2.45, 2.75) is 26.4 Å². The molecule has 150 valence electrons. The van der Waals surface area contributed by atoms with Crippen molar-refractivity contribution in [2.75, 3.05) is 6.54 Å². The summed E-state index contributed by atoms with van der Waals surface area (Å²) in [5.41, 5.74) is 6.93. The summed E-state index contributed by atoms with van der Waals surface area (Å²) in [4.78, 5) is 26.7. The van der Waals surface area contributed by atoms with Gasteiger partial charge in [-0.25, -0.2) is 4.98 Å². The van der Waals surface area contributed by atoms with Crippen LogP contribution in [0, 0.1) is 6.92 Å². The fourth-order valence-electron chi connectivity index (χ4n) is 3.90. The van der Waals surface area contributed by atoms with E-state index in [2.05, 4.69) is 56.3 Å². The van der Waals surface area contributed by atoms with Crippen LogP contribution in [0.15, 0.2) is 59.8 Å². The van der Waals surface area contributed by atoms with E-state index in [1.165, 1.54) is 5.56 Å². The molecule has 0 spiro atoms. The molecule has 1 aromatic carbocycles. The largest absolute Gasteiger partial charge is 0.306 e. The van der Waals surface area contributed by atoms with Crippen LogP contribution in [-0.2, 0) is 19.5 Å². The minimum atomic E-state index is -0.0672. The van der Waals surface area contributed by atoms with E-state index in [1.54, 1.807) is 12.4 Å². The van der Waals surface area contributed by atoms with Crippen molar-refractivity contribution in [1.82, 2.24) is 30.0 Å². The number of hydrogen-bond donors (Lipinski definition) is 2. The summed E-state index contributed by atoms with van der Waals surface area (Å²) < 4.78 is 0. The van der Waals surface area contributed by atoms with Crippen LogP contribution in [0.5, 0.6) is 0 Å². The maximum absolute atomic E-state index is 12.8. The highest BCUT2D eigenvalue weighted by Gasteiger charge is 2.23. The molecule has 0 amide bonds. The molecule has 0 aliphatic carbocycles. The van der Waals surface area contributed by atoms with Gasteiger partial charge in [-0.1, -0.05) is 29.8 Å². The monoisotopic (exact) mass is 398 g/mol. The molecule has 0 saturated heterocycles. The van der Waals surface area contributed by atoms with Gasteiger partial charge >= 0.3 is 0 Å². The van der Waals surface area contributed by atoms with Gasteiger partial charge in [0.15, 0.2) is 0 Å². The molecule has 1 aliphatic rings. The predicted octanol–water partition coefficient (Wildman–Crippen LogP) is 3.09. The van der Waals surface area contributed by atoms with Crippen LogP contribution >= 0.6 is 0 Å². The van der Waals surface area contributed by atoms with Crippen LogP contribution in [0.4, 0.5) is 0 Å². The molecule has 3 aromatic heterocycles. The fraction of sp³-hybridized carbons (Fsp3) is 0.217. The highest BCUT2D eigenvalue weighted by molar-refractivity contribution is 5.62. The molecule has 2 N–H and O–H groups in total. The molecule has 5 rings (SSSR count). The molecule has 0 unspecified atom stereocenters. The lowest BCUT2D eigenvalue weighted by molar-refractivity contribution is 0.242. The molecule has 0 saturated carbocycles. The lowest BCUT2D eigenvalue weighted by Gasteiger charge is -2.27. The Morgan fingerprint density at radius 1 is 1.07 bits per heavy atom. The Morgan fingerprint density at radius 2 is 1.87 bits per heavy atom. The first-order valence-corrected chi connectivity index (χ1v) is 10.0. The van der Waals surface area contributed by atoms with Gasteiger partial charge in [-0.15, -0.1) is 0 Å². The van der Waals surface area contributed by atoms with E-state index in [9.17, 15) is 4.79 Å². The molecule has 30 heavy (non-hydrogen) atoms.